The Labute approximate surface area is 159 Å². The van der Waals surface area contributed by atoms with Gasteiger partial charge < -0.3 is 10.2 Å². The van der Waals surface area contributed by atoms with E-state index in [0.29, 0.717) is 18.8 Å². The molecule has 1 aromatic heterocycles. The minimum Gasteiger partial charge on any atom is -0.356 e. The number of pyridine rings is 1. The second-order valence-corrected chi connectivity index (χ2v) is 7.39. The lowest BCUT2D eigenvalue weighted by Crippen LogP contribution is -2.30. The van der Waals surface area contributed by atoms with Gasteiger partial charge in [0.2, 0.25) is 5.91 Å². The summed E-state index contributed by atoms with van der Waals surface area (Å²) in [5, 5.41) is 2.76. The Balaban J connectivity index is 1.46. The van der Waals surface area contributed by atoms with Crippen LogP contribution < -0.4 is 10.2 Å². The molecule has 1 aliphatic carbocycles. The highest BCUT2D eigenvalue weighted by Crippen LogP contribution is 2.44. The minimum absolute atomic E-state index is 0.0462. The van der Waals surface area contributed by atoms with Crippen LogP contribution in [0, 0.1) is 23.6 Å². The zero-order chi connectivity index (χ0) is 19.9. The lowest BCUT2D eigenvalue weighted by Gasteiger charge is -2.22. The van der Waals surface area contributed by atoms with Crippen LogP contribution in [0.2, 0.25) is 0 Å². The van der Waals surface area contributed by atoms with Crippen LogP contribution >= 0.6 is 0 Å². The summed E-state index contributed by atoms with van der Waals surface area (Å²) in [7, 11) is 0. The molecule has 1 saturated heterocycles. The molecule has 1 amide bonds. The molecular formula is C20H19F4N3O. The van der Waals surface area contributed by atoms with Crippen LogP contribution in [0.4, 0.5) is 29.1 Å². The number of carbonyl (C=O) groups is 1. The molecule has 2 aliphatic rings. The Morgan fingerprint density at radius 2 is 1.89 bits per heavy atom. The molecule has 0 spiro atoms. The van der Waals surface area contributed by atoms with Gasteiger partial charge >= 0.3 is 6.18 Å². The van der Waals surface area contributed by atoms with Gasteiger partial charge in [0.15, 0.2) is 0 Å². The number of rotatable bonds is 3. The maximum Gasteiger partial charge on any atom is 0.433 e. The van der Waals surface area contributed by atoms with Crippen molar-refractivity contribution < 1.29 is 22.4 Å². The van der Waals surface area contributed by atoms with E-state index in [0.717, 1.165) is 18.9 Å². The topological polar surface area (TPSA) is 45.2 Å². The summed E-state index contributed by atoms with van der Waals surface area (Å²) in [6.45, 7) is 1.07. The maximum absolute atomic E-state index is 13.3. The van der Waals surface area contributed by atoms with Gasteiger partial charge in [0.25, 0.3) is 0 Å². The standard InChI is InChI=1S/C20H19F4N3O/c21-13-3-1-4-14(9-13)25-19(28)15-8-7-12-10-27(11-16(12)15)18-6-2-5-17(26-18)20(22,23)24/h1-6,9,12,15-16H,7-8,10-11H2,(H,25,28)/t12-,15+,16-/m1/s1. The summed E-state index contributed by atoms with van der Waals surface area (Å²) in [4.78, 5) is 18.3. The average Bonchev–Trinajstić information content (AvgIpc) is 3.21. The Hall–Kier alpha value is -2.64. The fraction of sp³-hybridized carbons (Fsp3) is 0.400. The number of aromatic nitrogens is 1. The molecule has 1 aliphatic heterocycles. The van der Waals surface area contributed by atoms with Gasteiger partial charge in [0.1, 0.15) is 17.3 Å². The van der Waals surface area contributed by atoms with Crippen molar-refractivity contribution in [3.63, 3.8) is 0 Å². The van der Waals surface area contributed by atoms with Crippen molar-refractivity contribution in [1.82, 2.24) is 4.98 Å². The predicted octanol–water partition coefficient (Wildman–Crippen LogP) is 4.34. The molecule has 8 heteroatoms. The monoisotopic (exact) mass is 393 g/mol. The lowest BCUT2D eigenvalue weighted by molar-refractivity contribution is -0.141. The van der Waals surface area contributed by atoms with Gasteiger partial charge in [-0.1, -0.05) is 12.1 Å². The summed E-state index contributed by atoms with van der Waals surface area (Å²) >= 11 is 0. The van der Waals surface area contributed by atoms with Gasteiger partial charge in [-0.25, -0.2) is 9.37 Å². The molecule has 4 nitrogen and oxygen atoms in total. The van der Waals surface area contributed by atoms with Gasteiger partial charge in [-0.05, 0) is 55.0 Å². The maximum atomic E-state index is 13.3. The smallest absolute Gasteiger partial charge is 0.356 e. The normalized spacial score (nSPS) is 24.3. The van der Waals surface area contributed by atoms with E-state index in [4.69, 9.17) is 0 Å². The molecule has 4 rings (SSSR count). The lowest BCUT2D eigenvalue weighted by atomic mass is 9.91. The van der Waals surface area contributed by atoms with Gasteiger partial charge in [0.05, 0.1) is 0 Å². The van der Waals surface area contributed by atoms with Crippen molar-refractivity contribution in [2.24, 2.45) is 17.8 Å². The Kier molecular flexibility index (Phi) is 4.72. The number of nitrogens with zero attached hydrogens (tertiary/aromatic N) is 2. The number of halogens is 4. The molecule has 2 fully saturated rings. The fourth-order valence-electron chi connectivity index (χ4n) is 4.34. The van der Waals surface area contributed by atoms with Crippen LogP contribution in [0.15, 0.2) is 42.5 Å². The van der Waals surface area contributed by atoms with Crippen molar-refractivity contribution in [1.29, 1.82) is 0 Å². The van der Waals surface area contributed by atoms with Crippen LogP contribution in [-0.4, -0.2) is 24.0 Å². The van der Waals surface area contributed by atoms with E-state index in [-0.39, 0.29) is 29.5 Å². The number of benzene rings is 1. The molecule has 2 heterocycles. The Bertz CT molecular complexity index is 886. The summed E-state index contributed by atoms with van der Waals surface area (Å²) in [5.41, 5.74) is -0.509. The molecule has 1 saturated carbocycles. The Morgan fingerprint density at radius 3 is 2.64 bits per heavy atom. The highest BCUT2D eigenvalue weighted by atomic mass is 19.4. The van der Waals surface area contributed by atoms with Gasteiger partial charge in [-0.15, -0.1) is 0 Å². The number of alkyl halides is 3. The highest BCUT2D eigenvalue weighted by molar-refractivity contribution is 5.93. The van der Waals surface area contributed by atoms with E-state index in [1.165, 1.54) is 24.3 Å². The molecule has 1 aromatic carbocycles. The molecule has 148 valence electrons. The second-order valence-electron chi connectivity index (χ2n) is 7.39. The van der Waals surface area contributed by atoms with Crippen molar-refractivity contribution in [2.45, 2.75) is 19.0 Å². The first-order chi connectivity index (χ1) is 13.3. The molecule has 0 radical (unpaired) electrons. The van der Waals surface area contributed by atoms with E-state index in [2.05, 4.69) is 10.3 Å². The number of carbonyl (C=O) groups excluding carboxylic acids is 1. The van der Waals surface area contributed by atoms with Crippen LogP contribution in [0.25, 0.3) is 0 Å². The van der Waals surface area contributed by atoms with E-state index in [1.807, 2.05) is 4.90 Å². The van der Waals surface area contributed by atoms with E-state index in [1.54, 1.807) is 12.1 Å². The van der Waals surface area contributed by atoms with Gasteiger partial charge in [-0.2, -0.15) is 13.2 Å². The largest absolute Gasteiger partial charge is 0.433 e. The first-order valence-corrected chi connectivity index (χ1v) is 9.17. The number of hydrogen-bond donors (Lipinski definition) is 1. The number of amides is 1. The van der Waals surface area contributed by atoms with Crippen LogP contribution in [0.3, 0.4) is 0 Å². The van der Waals surface area contributed by atoms with Crippen LogP contribution in [0.1, 0.15) is 18.5 Å². The summed E-state index contributed by atoms with van der Waals surface area (Å²) in [5.74, 6) is -0.274. The molecule has 1 N–H and O–H groups in total. The molecule has 3 atom stereocenters. The zero-order valence-electron chi connectivity index (χ0n) is 14.9. The third-order valence-corrected chi connectivity index (χ3v) is 5.63. The fourth-order valence-corrected chi connectivity index (χ4v) is 4.34. The van der Waals surface area contributed by atoms with E-state index < -0.39 is 17.7 Å². The summed E-state index contributed by atoms with van der Waals surface area (Å²) in [6, 6.07) is 9.59. The second kappa shape index (κ2) is 7.07. The first kappa shape index (κ1) is 18.7. The zero-order valence-corrected chi connectivity index (χ0v) is 14.9. The number of hydrogen-bond acceptors (Lipinski definition) is 3. The molecular weight excluding hydrogens is 374 g/mol. The molecule has 2 aromatic rings. The van der Waals surface area contributed by atoms with Crippen molar-refractivity contribution in [3.8, 4) is 0 Å². The minimum atomic E-state index is -4.49. The third-order valence-electron chi connectivity index (χ3n) is 5.63. The first-order valence-electron chi connectivity index (χ1n) is 9.17. The molecule has 28 heavy (non-hydrogen) atoms. The molecule has 0 unspecified atom stereocenters. The van der Waals surface area contributed by atoms with E-state index in [9.17, 15) is 22.4 Å². The number of fused-ring (bicyclic) bond motifs is 1. The summed E-state index contributed by atoms with van der Waals surface area (Å²) < 4.78 is 52.1. The molecule has 0 bridgehead atoms. The SMILES string of the molecule is O=C(Nc1cccc(F)c1)[C@H]1CC[C@@H]2CN(c3cccc(C(F)(F)F)n3)C[C@H]21. The van der Waals surface area contributed by atoms with E-state index >= 15 is 0 Å². The summed E-state index contributed by atoms with van der Waals surface area (Å²) in [6.07, 6.45) is -2.93. The third kappa shape index (κ3) is 3.68. The van der Waals surface area contributed by atoms with Crippen molar-refractivity contribution >= 4 is 17.4 Å². The highest BCUT2D eigenvalue weighted by Gasteiger charge is 2.46. The predicted molar refractivity (Wildman–Crippen MR) is 96.2 cm³/mol. The van der Waals surface area contributed by atoms with Crippen LogP contribution in [0.5, 0.6) is 0 Å². The van der Waals surface area contributed by atoms with Crippen molar-refractivity contribution in [2.75, 3.05) is 23.3 Å². The van der Waals surface area contributed by atoms with Gasteiger partial charge in [0, 0.05) is 24.7 Å². The number of nitrogens with one attached hydrogen (secondary N) is 1. The van der Waals surface area contributed by atoms with Crippen LogP contribution in [-0.2, 0) is 11.0 Å². The van der Waals surface area contributed by atoms with Gasteiger partial charge in [-0.3, -0.25) is 4.79 Å². The quantitative estimate of drug-likeness (QED) is 0.789. The van der Waals surface area contributed by atoms with Crippen molar-refractivity contribution in [3.05, 3.63) is 54.0 Å². The number of anilines is 2. The Morgan fingerprint density at radius 1 is 1.11 bits per heavy atom. The average molecular weight is 393 g/mol.